The lowest BCUT2D eigenvalue weighted by Gasteiger charge is -2.04. The van der Waals surface area contributed by atoms with Crippen molar-refractivity contribution >= 4 is 34.9 Å². The number of thioether (sulfide) groups is 1. The second-order valence-corrected chi connectivity index (χ2v) is 5.72. The van der Waals surface area contributed by atoms with Gasteiger partial charge in [-0.2, -0.15) is 0 Å². The molecule has 0 unspecified atom stereocenters. The van der Waals surface area contributed by atoms with E-state index >= 15 is 0 Å². The molecule has 100 valence electrons. The van der Waals surface area contributed by atoms with Gasteiger partial charge in [0, 0.05) is 12.0 Å². The number of hydrogen-bond acceptors (Lipinski definition) is 5. The summed E-state index contributed by atoms with van der Waals surface area (Å²) >= 11 is 2.88. The van der Waals surface area contributed by atoms with Crippen LogP contribution in [0.15, 0.2) is 4.21 Å². The highest BCUT2D eigenvalue weighted by molar-refractivity contribution is 8.00. The molecule has 18 heavy (non-hydrogen) atoms. The average molecular weight is 286 g/mol. The van der Waals surface area contributed by atoms with E-state index in [0.717, 1.165) is 15.3 Å². The molecule has 0 aliphatic heterocycles. The van der Waals surface area contributed by atoms with Gasteiger partial charge in [0.05, 0.1) is 10.8 Å². The maximum absolute atomic E-state index is 12.0. The Bertz CT molecular complexity index is 449. The van der Waals surface area contributed by atoms with Crippen LogP contribution in [0.1, 0.15) is 52.8 Å². The fraction of sp³-hybridized carbons (Fsp3) is 0.538. The molecule has 0 aromatic carbocycles. The van der Waals surface area contributed by atoms with Gasteiger partial charge in [0.2, 0.25) is 0 Å². The molecule has 3 nitrogen and oxygen atoms in total. The molecule has 0 amide bonds. The number of rotatable bonds is 6. The normalized spacial score (nSPS) is 10.4. The lowest BCUT2D eigenvalue weighted by molar-refractivity contribution is 0.0531. The summed E-state index contributed by atoms with van der Waals surface area (Å²) in [4.78, 5) is 24.5. The van der Waals surface area contributed by atoms with Crippen molar-refractivity contribution in [1.29, 1.82) is 0 Å². The third-order valence-corrected chi connectivity index (χ3v) is 4.91. The van der Waals surface area contributed by atoms with Crippen LogP contribution in [0.4, 0.5) is 0 Å². The highest BCUT2D eigenvalue weighted by atomic mass is 32.2. The third kappa shape index (κ3) is 2.95. The Kier molecular flexibility index (Phi) is 5.88. The van der Waals surface area contributed by atoms with Crippen molar-refractivity contribution in [3.8, 4) is 0 Å². The topological polar surface area (TPSA) is 43.4 Å². The summed E-state index contributed by atoms with van der Waals surface area (Å²) in [6.07, 6.45) is 3.05. The summed E-state index contributed by atoms with van der Waals surface area (Å²) in [5, 5.41) is 0. The predicted molar refractivity (Wildman–Crippen MR) is 76.1 cm³/mol. The quantitative estimate of drug-likeness (QED) is 0.453. The number of thiophene rings is 1. The van der Waals surface area contributed by atoms with E-state index in [1.165, 1.54) is 23.1 Å². The Hall–Kier alpha value is -0.810. The molecule has 0 bridgehead atoms. The second-order valence-electron chi connectivity index (χ2n) is 3.63. The lowest BCUT2D eigenvalue weighted by Crippen LogP contribution is -2.07. The van der Waals surface area contributed by atoms with Gasteiger partial charge in [-0.1, -0.05) is 13.8 Å². The van der Waals surface area contributed by atoms with Crippen LogP contribution in [0.3, 0.4) is 0 Å². The molecular weight excluding hydrogens is 268 g/mol. The fourth-order valence-corrected chi connectivity index (χ4v) is 3.80. The number of ketones is 1. The Morgan fingerprint density at radius 1 is 1.28 bits per heavy atom. The minimum atomic E-state index is -0.315. The average Bonchev–Trinajstić information content (AvgIpc) is 2.76. The zero-order chi connectivity index (χ0) is 13.7. The molecule has 0 aliphatic carbocycles. The highest BCUT2D eigenvalue weighted by Gasteiger charge is 2.25. The molecule has 1 aromatic heterocycles. The van der Waals surface area contributed by atoms with Gasteiger partial charge in [0.1, 0.15) is 4.88 Å². The summed E-state index contributed by atoms with van der Waals surface area (Å²) in [5.74, 6) is -0.215. The molecule has 1 aromatic rings. The van der Waals surface area contributed by atoms with Crippen molar-refractivity contribution < 1.29 is 14.3 Å². The predicted octanol–water partition coefficient (Wildman–Crippen LogP) is 3.80. The van der Waals surface area contributed by atoms with E-state index in [4.69, 9.17) is 4.74 Å². The minimum absolute atomic E-state index is 0.1000. The van der Waals surface area contributed by atoms with Crippen molar-refractivity contribution in [2.45, 2.75) is 37.8 Å². The zero-order valence-corrected chi connectivity index (χ0v) is 12.8. The first kappa shape index (κ1) is 15.2. The standard InChI is InChI=1S/C13H18O3S2/c1-5-8-10(9(14)6-2)13(17-4)18-11(8)12(15)16-7-3/h5-7H2,1-4H3. The first-order valence-electron chi connectivity index (χ1n) is 6.00. The molecule has 0 fully saturated rings. The number of esters is 1. The van der Waals surface area contributed by atoms with Crippen LogP contribution in [0, 0.1) is 0 Å². The minimum Gasteiger partial charge on any atom is -0.462 e. The van der Waals surface area contributed by atoms with Gasteiger partial charge in [-0.15, -0.1) is 23.1 Å². The maximum atomic E-state index is 12.0. The van der Waals surface area contributed by atoms with Gasteiger partial charge in [0.15, 0.2) is 5.78 Å². The smallest absolute Gasteiger partial charge is 0.348 e. The van der Waals surface area contributed by atoms with Crippen LogP contribution < -0.4 is 0 Å². The number of carbonyl (C=O) groups excluding carboxylic acids is 2. The highest BCUT2D eigenvalue weighted by Crippen LogP contribution is 2.36. The molecule has 1 heterocycles. The third-order valence-electron chi connectivity index (χ3n) is 2.57. The number of Topliss-reactive ketones (excluding diaryl/α,β-unsaturated/α-hetero) is 1. The number of ether oxygens (including phenoxy) is 1. The molecule has 1 rings (SSSR count). The summed E-state index contributed by atoms with van der Waals surface area (Å²) in [6, 6.07) is 0. The maximum Gasteiger partial charge on any atom is 0.348 e. The zero-order valence-electron chi connectivity index (χ0n) is 11.2. The van der Waals surface area contributed by atoms with Gasteiger partial charge >= 0.3 is 5.97 Å². The monoisotopic (exact) mass is 286 g/mol. The van der Waals surface area contributed by atoms with Crippen LogP contribution in [0.2, 0.25) is 0 Å². The molecule has 5 heteroatoms. The van der Waals surface area contributed by atoms with E-state index in [9.17, 15) is 9.59 Å². The van der Waals surface area contributed by atoms with Gasteiger partial charge in [0.25, 0.3) is 0 Å². The van der Waals surface area contributed by atoms with Crippen molar-refractivity contribution in [3.63, 3.8) is 0 Å². The Labute approximate surface area is 116 Å². The van der Waals surface area contributed by atoms with Crippen LogP contribution in [-0.4, -0.2) is 24.6 Å². The summed E-state index contributed by atoms with van der Waals surface area (Å²) in [5.41, 5.74) is 1.57. The molecule has 0 radical (unpaired) electrons. The fourth-order valence-electron chi connectivity index (χ4n) is 1.74. The Morgan fingerprint density at radius 3 is 2.39 bits per heavy atom. The van der Waals surface area contributed by atoms with Crippen LogP contribution in [0.5, 0.6) is 0 Å². The van der Waals surface area contributed by atoms with Crippen molar-refractivity contribution in [1.82, 2.24) is 0 Å². The molecule has 0 N–H and O–H groups in total. The second kappa shape index (κ2) is 6.95. The van der Waals surface area contributed by atoms with E-state index in [1.807, 2.05) is 20.1 Å². The first-order chi connectivity index (χ1) is 8.60. The van der Waals surface area contributed by atoms with Gasteiger partial charge in [-0.25, -0.2) is 4.79 Å². The molecule has 0 aliphatic rings. The number of carbonyl (C=O) groups is 2. The van der Waals surface area contributed by atoms with Crippen LogP contribution in [-0.2, 0) is 11.2 Å². The van der Waals surface area contributed by atoms with E-state index in [0.29, 0.717) is 24.3 Å². The molecule has 0 atom stereocenters. The summed E-state index contributed by atoms with van der Waals surface area (Å²) in [6.45, 7) is 5.94. The van der Waals surface area contributed by atoms with Gasteiger partial charge < -0.3 is 4.74 Å². The molecule has 0 saturated heterocycles. The van der Waals surface area contributed by atoms with Crippen molar-refractivity contribution in [2.24, 2.45) is 0 Å². The largest absolute Gasteiger partial charge is 0.462 e. The van der Waals surface area contributed by atoms with Crippen LogP contribution >= 0.6 is 23.1 Å². The SMILES string of the molecule is CCOC(=O)c1sc(SC)c(C(=O)CC)c1CC. The van der Waals surface area contributed by atoms with E-state index in [1.54, 1.807) is 6.92 Å². The summed E-state index contributed by atoms with van der Waals surface area (Å²) < 4.78 is 5.97. The van der Waals surface area contributed by atoms with Gasteiger partial charge in [-0.3, -0.25) is 4.79 Å². The first-order valence-corrected chi connectivity index (χ1v) is 8.04. The lowest BCUT2D eigenvalue weighted by atomic mass is 10.0. The molecule has 0 spiro atoms. The van der Waals surface area contributed by atoms with Crippen LogP contribution in [0.25, 0.3) is 0 Å². The Balaban J connectivity index is 3.32. The van der Waals surface area contributed by atoms with E-state index < -0.39 is 0 Å². The summed E-state index contributed by atoms with van der Waals surface area (Å²) in [7, 11) is 0. The number of hydrogen-bond donors (Lipinski definition) is 0. The Morgan fingerprint density at radius 2 is 1.94 bits per heavy atom. The van der Waals surface area contributed by atoms with Gasteiger partial charge in [-0.05, 0) is 25.2 Å². The van der Waals surface area contributed by atoms with Crippen molar-refractivity contribution in [2.75, 3.05) is 12.9 Å². The van der Waals surface area contributed by atoms with E-state index in [2.05, 4.69) is 0 Å². The van der Waals surface area contributed by atoms with E-state index in [-0.39, 0.29) is 11.8 Å². The molecule has 0 saturated carbocycles. The van der Waals surface area contributed by atoms with Crippen molar-refractivity contribution in [3.05, 3.63) is 16.0 Å². The molecular formula is C13H18O3S2.